The van der Waals surface area contributed by atoms with Gasteiger partial charge in [0.15, 0.2) is 11.4 Å². The number of aliphatic hydroxyl groups excluding tert-OH is 1. The molecule has 0 radical (unpaired) electrons. The molecule has 0 amide bonds. The van der Waals surface area contributed by atoms with Gasteiger partial charge in [0, 0.05) is 6.42 Å². The van der Waals surface area contributed by atoms with Crippen LogP contribution in [0, 0.1) is 0 Å². The summed E-state index contributed by atoms with van der Waals surface area (Å²) in [5, 5.41) is 36.8. The first-order valence-corrected chi connectivity index (χ1v) is 3.68. The lowest BCUT2D eigenvalue weighted by Gasteiger charge is -2.42. The molecule has 12 heavy (non-hydrogen) atoms. The molecule has 1 fully saturated rings. The van der Waals surface area contributed by atoms with Gasteiger partial charge in [0.25, 0.3) is 0 Å². The van der Waals surface area contributed by atoms with Crippen LogP contribution in [0.15, 0.2) is 0 Å². The van der Waals surface area contributed by atoms with Gasteiger partial charge in [0.2, 0.25) is 5.79 Å². The van der Waals surface area contributed by atoms with Crippen molar-refractivity contribution >= 4 is 5.78 Å². The number of aliphatic hydroxyl groups is 4. The Balaban J connectivity index is 3.00. The Labute approximate surface area is 69.3 Å². The minimum absolute atomic E-state index is 0.0397. The number of carbonyl (C=O) groups is 1. The molecule has 70 valence electrons. The molecule has 5 nitrogen and oxygen atoms in total. The van der Waals surface area contributed by atoms with Gasteiger partial charge in [-0.3, -0.25) is 4.79 Å². The van der Waals surface area contributed by atoms with Crippen LogP contribution in [0.1, 0.15) is 19.8 Å². The molecule has 1 aliphatic rings. The molecular weight excluding hydrogens is 164 g/mol. The summed E-state index contributed by atoms with van der Waals surface area (Å²) in [4.78, 5) is 11.0. The van der Waals surface area contributed by atoms with E-state index in [1.165, 1.54) is 0 Å². The Morgan fingerprint density at radius 2 is 1.92 bits per heavy atom. The molecule has 0 spiro atoms. The SMILES string of the molecule is CC1(O)C(=O)CCC(O)C1(O)O. The van der Waals surface area contributed by atoms with Crippen LogP contribution in [-0.4, -0.2) is 43.7 Å². The Kier molecular flexibility index (Phi) is 2.00. The van der Waals surface area contributed by atoms with E-state index in [2.05, 4.69) is 0 Å². The second kappa shape index (κ2) is 2.50. The predicted molar refractivity (Wildman–Crippen MR) is 38.0 cm³/mol. The van der Waals surface area contributed by atoms with E-state index in [1.54, 1.807) is 0 Å². The molecule has 0 aromatic rings. The topological polar surface area (TPSA) is 98.0 Å². The minimum Gasteiger partial charge on any atom is -0.387 e. The Hall–Kier alpha value is -0.490. The van der Waals surface area contributed by atoms with E-state index in [-0.39, 0.29) is 12.8 Å². The van der Waals surface area contributed by atoms with Crippen LogP contribution < -0.4 is 0 Å². The molecule has 2 unspecified atom stereocenters. The van der Waals surface area contributed by atoms with E-state index < -0.39 is 23.3 Å². The zero-order valence-corrected chi connectivity index (χ0v) is 6.69. The fraction of sp³-hybridized carbons (Fsp3) is 0.857. The maximum absolute atomic E-state index is 11.0. The van der Waals surface area contributed by atoms with E-state index in [4.69, 9.17) is 5.11 Å². The third-order valence-corrected chi connectivity index (χ3v) is 2.37. The van der Waals surface area contributed by atoms with E-state index in [9.17, 15) is 20.1 Å². The summed E-state index contributed by atoms with van der Waals surface area (Å²) in [7, 11) is 0. The molecule has 2 atom stereocenters. The summed E-state index contributed by atoms with van der Waals surface area (Å²) < 4.78 is 0. The van der Waals surface area contributed by atoms with E-state index in [0.29, 0.717) is 0 Å². The second-order valence-corrected chi connectivity index (χ2v) is 3.28. The smallest absolute Gasteiger partial charge is 0.226 e. The molecule has 5 heteroatoms. The van der Waals surface area contributed by atoms with Crippen molar-refractivity contribution in [3.05, 3.63) is 0 Å². The molecule has 4 N–H and O–H groups in total. The maximum Gasteiger partial charge on any atom is 0.226 e. The zero-order chi connectivity index (χ0) is 9.57. The van der Waals surface area contributed by atoms with Crippen molar-refractivity contribution in [2.45, 2.75) is 37.3 Å². The lowest BCUT2D eigenvalue weighted by Crippen LogP contribution is -2.66. The van der Waals surface area contributed by atoms with E-state index in [1.807, 2.05) is 0 Å². The van der Waals surface area contributed by atoms with Gasteiger partial charge in [-0.15, -0.1) is 0 Å². The molecule has 0 heterocycles. The van der Waals surface area contributed by atoms with Crippen molar-refractivity contribution in [2.75, 3.05) is 0 Å². The van der Waals surface area contributed by atoms with Crippen LogP contribution in [0.25, 0.3) is 0 Å². The van der Waals surface area contributed by atoms with Crippen LogP contribution in [0.4, 0.5) is 0 Å². The standard InChI is InChI=1S/C7H12O5/c1-6(10)4(8)2-3-5(9)7(6,11)12/h5,9-12H,2-3H2,1H3. The number of Topliss-reactive ketones (excluding diaryl/α,β-unsaturated/α-hetero) is 1. The highest BCUT2D eigenvalue weighted by Gasteiger charge is 2.57. The molecule has 1 aliphatic carbocycles. The number of hydrogen-bond acceptors (Lipinski definition) is 5. The Morgan fingerprint density at radius 3 is 2.33 bits per heavy atom. The summed E-state index contributed by atoms with van der Waals surface area (Å²) in [6.07, 6.45) is -1.57. The molecule has 1 saturated carbocycles. The largest absolute Gasteiger partial charge is 0.387 e. The molecule has 0 aliphatic heterocycles. The van der Waals surface area contributed by atoms with Crippen LogP contribution >= 0.6 is 0 Å². The third kappa shape index (κ3) is 1.06. The molecule has 0 saturated heterocycles. The number of carbonyl (C=O) groups excluding carboxylic acids is 1. The van der Waals surface area contributed by atoms with Gasteiger partial charge in [-0.25, -0.2) is 0 Å². The molecular formula is C7H12O5. The summed E-state index contributed by atoms with van der Waals surface area (Å²) in [5.41, 5.74) is -2.27. The predicted octanol–water partition coefficient (Wildman–Crippen LogP) is -1.86. The van der Waals surface area contributed by atoms with Crippen LogP contribution in [0.2, 0.25) is 0 Å². The number of rotatable bonds is 0. The van der Waals surface area contributed by atoms with Gasteiger partial charge in [-0.1, -0.05) is 0 Å². The maximum atomic E-state index is 11.0. The fourth-order valence-corrected chi connectivity index (χ4v) is 1.24. The number of ketones is 1. The van der Waals surface area contributed by atoms with Gasteiger partial charge in [-0.2, -0.15) is 0 Å². The molecule has 0 bridgehead atoms. The van der Waals surface area contributed by atoms with Crippen molar-refractivity contribution in [1.29, 1.82) is 0 Å². The third-order valence-electron chi connectivity index (χ3n) is 2.37. The second-order valence-electron chi connectivity index (χ2n) is 3.28. The first-order chi connectivity index (χ1) is 5.30. The van der Waals surface area contributed by atoms with E-state index in [0.717, 1.165) is 6.92 Å². The summed E-state index contributed by atoms with van der Waals surface area (Å²) >= 11 is 0. The fourth-order valence-electron chi connectivity index (χ4n) is 1.24. The molecule has 0 aromatic heterocycles. The highest BCUT2D eigenvalue weighted by atomic mass is 16.5. The Bertz CT molecular complexity index is 208. The first kappa shape index (κ1) is 9.60. The van der Waals surface area contributed by atoms with Crippen molar-refractivity contribution in [3.63, 3.8) is 0 Å². The zero-order valence-electron chi connectivity index (χ0n) is 6.69. The minimum atomic E-state index is -2.73. The van der Waals surface area contributed by atoms with Gasteiger partial charge >= 0.3 is 0 Å². The van der Waals surface area contributed by atoms with Gasteiger partial charge in [0.05, 0.1) is 0 Å². The molecule has 1 rings (SSSR count). The van der Waals surface area contributed by atoms with Crippen molar-refractivity contribution in [1.82, 2.24) is 0 Å². The summed E-state index contributed by atoms with van der Waals surface area (Å²) in [6.45, 7) is 0.984. The first-order valence-electron chi connectivity index (χ1n) is 3.68. The average Bonchev–Trinajstić information content (AvgIpc) is 1.96. The van der Waals surface area contributed by atoms with Crippen molar-refractivity contribution < 1.29 is 25.2 Å². The van der Waals surface area contributed by atoms with Crippen LogP contribution in [0.5, 0.6) is 0 Å². The lowest BCUT2D eigenvalue weighted by atomic mass is 9.78. The quantitative estimate of drug-likeness (QED) is 0.324. The average molecular weight is 176 g/mol. The molecule has 0 aromatic carbocycles. The summed E-state index contributed by atoms with van der Waals surface area (Å²) in [5.74, 6) is -3.40. The van der Waals surface area contributed by atoms with Gasteiger partial charge in [0.1, 0.15) is 6.10 Å². The normalized spacial score (nSPS) is 41.4. The number of hydrogen-bond donors (Lipinski definition) is 4. The highest BCUT2D eigenvalue weighted by molar-refractivity contribution is 5.88. The van der Waals surface area contributed by atoms with Gasteiger partial charge < -0.3 is 20.4 Å². The summed E-state index contributed by atoms with van der Waals surface area (Å²) in [6, 6.07) is 0. The lowest BCUT2D eigenvalue weighted by molar-refractivity contribution is -0.308. The van der Waals surface area contributed by atoms with Gasteiger partial charge in [-0.05, 0) is 13.3 Å². The van der Waals surface area contributed by atoms with Crippen molar-refractivity contribution in [3.8, 4) is 0 Å². The van der Waals surface area contributed by atoms with E-state index >= 15 is 0 Å². The highest BCUT2D eigenvalue weighted by Crippen LogP contribution is 2.32. The monoisotopic (exact) mass is 176 g/mol. The Morgan fingerprint density at radius 1 is 1.42 bits per heavy atom. The van der Waals surface area contributed by atoms with Crippen LogP contribution in [0.3, 0.4) is 0 Å². The van der Waals surface area contributed by atoms with Crippen molar-refractivity contribution in [2.24, 2.45) is 0 Å². The van der Waals surface area contributed by atoms with Crippen LogP contribution in [-0.2, 0) is 4.79 Å².